The molecule has 2 fully saturated rings. The fourth-order valence-electron chi connectivity index (χ4n) is 5.78. The number of aryl methyl sites for hydroxylation is 1. The maximum atomic E-state index is 12.8. The van der Waals surface area contributed by atoms with Gasteiger partial charge in [0, 0.05) is 32.1 Å². The highest BCUT2D eigenvalue weighted by Gasteiger charge is 2.30. The van der Waals surface area contributed by atoms with Gasteiger partial charge in [-0.25, -0.2) is 0 Å². The zero-order chi connectivity index (χ0) is 22.9. The lowest BCUT2D eigenvalue weighted by molar-refractivity contribution is -0.121. The molecule has 3 aromatic rings. The predicted octanol–water partition coefficient (Wildman–Crippen LogP) is 2.53. The minimum Gasteiger partial charge on any atom is -0.497 e. The molecular formula is C25H33N5O3. The van der Waals surface area contributed by atoms with Crippen LogP contribution in [0.1, 0.15) is 32.1 Å². The van der Waals surface area contributed by atoms with E-state index in [1.807, 2.05) is 18.2 Å². The Morgan fingerprint density at radius 1 is 1.18 bits per heavy atom. The average molecular weight is 452 g/mol. The molecule has 1 aromatic carbocycles. The molecule has 0 bridgehead atoms. The second-order valence-electron chi connectivity index (χ2n) is 9.56. The van der Waals surface area contributed by atoms with Crippen molar-refractivity contribution < 1.29 is 9.53 Å². The first-order valence-corrected chi connectivity index (χ1v) is 12.1. The molecule has 2 unspecified atom stereocenters. The number of fused-ring (bicyclic) bond motifs is 4. The molecule has 1 amide bonds. The summed E-state index contributed by atoms with van der Waals surface area (Å²) in [5.41, 5.74) is 1.32. The van der Waals surface area contributed by atoms with Crippen molar-refractivity contribution in [1.29, 1.82) is 0 Å². The lowest BCUT2D eigenvalue weighted by Gasteiger charge is -2.41. The molecule has 0 radical (unpaired) electrons. The van der Waals surface area contributed by atoms with Crippen LogP contribution in [0, 0.1) is 11.8 Å². The first kappa shape index (κ1) is 21.9. The van der Waals surface area contributed by atoms with Crippen LogP contribution in [0.3, 0.4) is 0 Å². The fraction of sp³-hybridized carbons (Fsp3) is 0.560. The van der Waals surface area contributed by atoms with E-state index in [4.69, 9.17) is 4.74 Å². The normalized spacial score (nSPS) is 21.3. The van der Waals surface area contributed by atoms with Crippen LogP contribution < -0.4 is 15.6 Å². The van der Waals surface area contributed by atoms with Crippen LogP contribution in [-0.2, 0) is 18.4 Å². The Morgan fingerprint density at radius 3 is 2.82 bits per heavy atom. The molecule has 0 spiro atoms. The number of carbonyl (C=O) groups is 1. The lowest BCUT2D eigenvalue weighted by atomic mass is 9.75. The van der Waals surface area contributed by atoms with Gasteiger partial charge in [0.15, 0.2) is 0 Å². The van der Waals surface area contributed by atoms with Crippen LogP contribution in [0.5, 0.6) is 5.75 Å². The van der Waals surface area contributed by atoms with Crippen molar-refractivity contribution in [3.8, 4) is 5.75 Å². The second kappa shape index (κ2) is 9.17. The van der Waals surface area contributed by atoms with Crippen molar-refractivity contribution in [2.24, 2.45) is 18.9 Å². The average Bonchev–Trinajstić information content (AvgIpc) is 3.25. The Balaban J connectivity index is 1.27. The Hall–Kier alpha value is -2.87. The molecule has 176 valence electrons. The zero-order valence-electron chi connectivity index (χ0n) is 19.5. The van der Waals surface area contributed by atoms with Crippen LogP contribution >= 0.6 is 0 Å². The highest BCUT2D eigenvalue weighted by atomic mass is 16.5. The van der Waals surface area contributed by atoms with E-state index in [1.165, 1.54) is 38.6 Å². The molecule has 1 N–H and O–H groups in total. The van der Waals surface area contributed by atoms with Gasteiger partial charge < -0.3 is 19.5 Å². The van der Waals surface area contributed by atoms with Crippen molar-refractivity contribution in [2.45, 2.75) is 38.6 Å². The molecule has 8 nitrogen and oxygen atoms in total. The molecule has 2 atom stereocenters. The summed E-state index contributed by atoms with van der Waals surface area (Å²) in [7, 11) is 3.36. The number of rotatable bonds is 6. The van der Waals surface area contributed by atoms with Gasteiger partial charge in [0.2, 0.25) is 5.91 Å². The van der Waals surface area contributed by atoms with Gasteiger partial charge >= 0.3 is 0 Å². The molecule has 1 aliphatic carbocycles. The third-order valence-corrected chi connectivity index (χ3v) is 7.61. The monoisotopic (exact) mass is 451 g/mol. The number of benzene rings is 1. The van der Waals surface area contributed by atoms with Crippen LogP contribution in [0.4, 0.5) is 0 Å². The molecule has 1 aliphatic heterocycles. The zero-order valence-corrected chi connectivity index (χ0v) is 19.5. The van der Waals surface area contributed by atoms with Crippen molar-refractivity contribution in [2.75, 3.05) is 33.3 Å². The summed E-state index contributed by atoms with van der Waals surface area (Å²) in [6.45, 7) is 3.90. The Bertz CT molecular complexity index is 1230. The summed E-state index contributed by atoms with van der Waals surface area (Å²) in [4.78, 5) is 28.1. The van der Waals surface area contributed by atoms with E-state index in [1.54, 1.807) is 29.6 Å². The summed E-state index contributed by atoms with van der Waals surface area (Å²) in [6.07, 6.45) is 8.37. The van der Waals surface area contributed by atoms with Gasteiger partial charge in [-0.1, -0.05) is 19.3 Å². The largest absolute Gasteiger partial charge is 0.497 e. The van der Waals surface area contributed by atoms with E-state index in [0.29, 0.717) is 23.2 Å². The van der Waals surface area contributed by atoms with Gasteiger partial charge in [0.05, 0.1) is 29.7 Å². The maximum absolute atomic E-state index is 12.8. The first-order chi connectivity index (χ1) is 16.0. The van der Waals surface area contributed by atoms with Crippen molar-refractivity contribution in [1.82, 2.24) is 24.6 Å². The number of piperidine rings is 1. The molecule has 2 aromatic heterocycles. The second-order valence-corrected chi connectivity index (χ2v) is 9.56. The molecule has 5 rings (SSSR count). The van der Waals surface area contributed by atoms with Gasteiger partial charge in [-0.3, -0.25) is 14.3 Å². The number of likely N-dealkylation sites (tertiary alicyclic amines) is 1. The van der Waals surface area contributed by atoms with Crippen LogP contribution in [0.2, 0.25) is 0 Å². The van der Waals surface area contributed by atoms with Crippen molar-refractivity contribution in [3.63, 3.8) is 0 Å². The van der Waals surface area contributed by atoms with Crippen molar-refractivity contribution in [3.05, 3.63) is 34.7 Å². The number of carbonyl (C=O) groups excluding carboxylic acids is 1. The Kier molecular flexibility index (Phi) is 6.10. The lowest BCUT2D eigenvalue weighted by Crippen LogP contribution is -2.45. The third-order valence-electron chi connectivity index (χ3n) is 7.61. The quantitative estimate of drug-likeness (QED) is 0.623. The first-order valence-electron chi connectivity index (χ1n) is 12.1. The summed E-state index contributed by atoms with van der Waals surface area (Å²) in [6, 6.07) is 5.58. The van der Waals surface area contributed by atoms with E-state index in [2.05, 4.69) is 15.3 Å². The van der Waals surface area contributed by atoms with Gasteiger partial charge in [0.1, 0.15) is 12.3 Å². The molecule has 2 aliphatic rings. The number of hydrogen-bond acceptors (Lipinski definition) is 5. The summed E-state index contributed by atoms with van der Waals surface area (Å²) < 4.78 is 8.62. The molecule has 33 heavy (non-hydrogen) atoms. The Labute approximate surface area is 193 Å². The van der Waals surface area contributed by atoms with Gasteiger partial charge in [-0.2, -0.15) is 5.10 Å². The van der Waals surface area contributed by atoms with E-state index >= 15 is 0 Å². The number of nitrogens with zero attached hydrogens (tertiary/aromatic N) is 4. The molecule has 8 heteroatoms. The summed E-state index contributed by atoms with van der Waals surface area (Å²) >= 11 is 0. The summed E-state index contributed by atoms with van der Waals surface area (Å²) in [5.74, 6) is 2.36. The highest BCUT2D eigenvalue weighted by molar-refractivity contribution is 6.04. The van der Waals surface area contributed by atoms with Gasteiger partial charge in [0.25, 0.3) is 5.56 Å². The number of aromatic nitrogens is 3. The minimum absolute atomic E-state index is 0.0771. The van der Waals surface area contributed by atoms with E-state index in [9.17, 15) is 9.59 Å². The highest BCUT2D eigenvalue weighted by Crippen LogP contribution is 2.35. The van der Waals surface area contributed by atoms with Gasteiger partial charge in [-0.15, -0.1) is 0 Å². The SMILES string of the molecule is COc1ccc2c(c1)c1c(cnn1CC(=O)NCCN1CCC3CCCCC3C1)c(=O)n2C. The van der Waals surface area contributed by atoms with E-state index < -0.39 is 0 Å². The Morgan fingerprint density at radius 2 is 2.00 bits per heavy atom. The van der Waals surface area contributed by atoms with E-state index in [0.717, 1.165) is 35.8 Å². The molecule has 1 saturated carbocycles. The topological polar surface area (TPSA) is 81.4 Å². The van der Waals surface area contributed by atoms with Gasteiger partial charge in [-0.05, 0) is 49.4 Å². The number of nitrogens with one attached hydrogen (secondary N) is 1. The fourth-order valence-corrected chi connectivity index (χ4v) is 5.78. The van der Waals surface area contributed by atoms with Crippen LogP contribution in [-0.4, -0.2) is 58.4 Å². The number of pyridine rings is 1. The number of amides is 1. The number of hydrogen-bond donors (Lipinski definition) is 1. The van der Waals surface area contributed by atoms with Crippen LogP contribution in [0.15, 0.2) is 29.2 Å². The molecular weight excluding hydrogens is 418 g/mol. The predicted molar refractivity (Wildman–Crippen MR) is 129 cm³/mol. The summed E-state index contributed by atoms with van der Waals surface area (Å²) in [5, 5.41) is 8.77. The standard InChI is InChI=1S/C25H33N5O3/c1-28-22-8-7-19(33-2)13-20(22)24-21(25(28)32)14-27-30(24)16-23(31)26-10-12-29-11-9-17-5-3-4-6-18(17)15-29/h7-8,13-14,17-18H,3-6,9-12,15-16H2,1-2H3,(H,26,31). The molecule has 1 saturated heterocycles. The van der Waals surface area contributed by atoms with Crippen molar-refractivity contribution >= 4 is 27.7 Å². The van der Waals surface area contributed by atoms with E-state index in [-0.39, 0.29) is 18.0 Å². The van der Waals surface area contributed by atoms with Crippen LogP contribution in [0.25, 0.3) is 21.8 Å². The number of methoxy groups -OCH3 is 1. The third kappa shape index (κ3) is 4.24. The smallest absolute Gasteiger partial charge is 0.261 e. The minimum atomic E-state index is -0.125. The maximum Gasteiger partial charge on any atom is 0.261 e. The number of ether oxygens (including phenoxy) is 1. The molecule has 3 heterocycles.